The summed E-state index contributed by atoms with van der Waals surface area (Å²) in [5.41, 5.74) is 0. The van der Waals surface area contributed by atoms with Gasteiger partial charge in [-0.2, -0.15) is 0 Å². The van der Waals surface area contributed by atoms with E-state index >= 15 is 0 Å². The fourth-order valence-electron chi connectivity index (χ4n) is 9.84. The van der Waals surface area contributed by atoms with Crippen molar-refractivity contribution in [2.45, 2.75) is 353 Å². The maximum atomic E-state index is 12.5. The van der Waals surface area contributed by atoms with Gasteiger partial charge in [0.25, 0.3) is 0 Å². The molecule has 2 atom stereocenters. The van der Waals surface area contributed by atoms with Gasteiger partial charge in [-0.15, -0.1) is 0 Å². The first-order chi connectivity index (χ1) is 36.0. The molecule has 0 aliphatic rings. The van der Waals surface area contributed by atoms with Crippen LogP contribution in [-0.2, 0) is 14.3 Å². The fraction of sp³-hybridized carbons (Fsp3) is 0.851. The maximum absolute atomic E-state index is 12.5. The fourth-order valence-corrected chi connectivity index (χ4v) is 9.84. The minimum atomic E-state index is -0.847. The van der Waals surface area contributed by atoms with E-state index in [-0.39, 0.29) is 18.5 Å². The molecule has 0 heterocycles. The molecule has 1 amide bonds. The number of ether oxygens (including phenoxy) is 1. The number of unbranched alkanes of at least 4 members (excludes halogenated alkanes) is 43. The van der Waals surface area contributed by atoms with E-state index in [2.05, 4.69) is 55.6 Å². The molecule has 6 heteroatoms. The number of rotatable bonds is 60. The van der Waals surface area contributed by atoms with Crippen molar-refractivity contribution in [3.8, 4) is 0 Å². The zero-order valence-electron chi connectivity index (χ0n) is 48.9. The lowest BCUT2D eigenvalue weighted by atomic mass is 10.0. The van der Waals surface area contributed by atoms with Crippen molar-refractivity contribution in [1.82, 2.24) is 5.32 Å². The molecule has 0 rings (SSSR count). The van der Waals surface area contributed by atoms with E-state index in [0.29, 0.717) is 19.4 Å². The highest BCUT2D eigenvalue weighted by Crippen LogP contribution is 2.17. The Labute approximate surface area is 455 Å². The Balaban J connectivity index is 3.44. The molecule has 0 aromatic carbocycles. The molecule has 0 saturated carbocycles. The van der Waals surface area contributed by atoms with Crippen LogP contribution in [0, 0.1) is 0 Å². The van der Waals surface area contributed by atoms with Crippen LogP contribution in [0.15, 0.2) is 48.6 Å². The summed E-state index contributed by atoms with van der Waals surface area (Å²) in [6.07, 6.45) is 80.2. The second-order valence-corrected chi connectivity index (χ2v) is 22.1. The summed E-state index contributed by atoms with van der Waals surface area (Å²) in [6.45, 7) is 4.90. The number of esters is 1. The molecular weight excluding hydrogens is 899 g/mol. The second kappa shape index (κ2) is 62.4. The Bertz CT molecular complexity index is 1230. The van der Waals surface area contributed by atoms with Crippen LogP contribution in [0.25, 0.3) is 0 Å². The van der Waals surface area contributed by atoms with Gasteiger partial charge < -0.3 is 20.3 Å². The molecule has 6 nitrogen and oxygen atoms in total. The number of hydrogen-bond acceptors (Lipinski definition) is 5. The van der Waals surface area contributed by atoms with Gasteiger partial charge in [0.1, 0.15) is 0 Å². The molecule has 428 valence electrons. The normalized spacial score (nSPS) is 12.9. The van der Waals surface area contributed by atoms with E-state index in [0.717, 1.165) is 51.4 Å². The van der Waals surface area contributed by atoms with Gasteiger partial charge in [0.2, 0.25) is 5.91 Å². The third-order valence-corrected chi connectivity index (χ3v) is 14.8. The molecular formula is C67H125NO5. The van der Waals surface area contributed by atoms with Crippen molar-refractivity contribution in [2.75, 3.05) is 13.2 Å². The molecule has 0 aromatic heterocycles. The summed E-state index contributed by atoms with van der Waals surface area (Å²) in [7, 11) is 0. The van der Waals surface area contributed by atoms with Crippen LogP contribution in [0.2, 0.25) is 0 Å². The van der Waals surface area contributed by atoms with E-state index in [1.165, 1.54) is 263 Å². The summed E-state index contributed by atoms with van der Waals surface area (Å²) >= 11 is 0. The number of aliphatic hydroxyl groups excluding tert-OH is 2. The monoisotopic (exact) mass is 1020 g/mol. The molecule has 0 aliphatic heterocycles. The molecule has 0 saturated heterocycles. The van der Waals surface area contributed by atoms with Gasteiger partial charge in [0.05, 0.1) is 25.4 Å². The van der Waals surface area contributed by atoms with Gasteiger partial charge >= 0.3 is 5.97 Å². The van der Waals surface area contributed by atoms with Crippen molar-refractivity contribution in [1.29, 1.82) is 0 Å². The predicted molar refractivity (Wildman–Crippen MR) is 319 cm³/mol. The Morgan fingerprint density at radius 3 is 1.05 bits per heavy atom. The highest BCUT2D eigenvalue weighted by Gasteiger charge is 2.18. The molecule has 73 heavy (non-hydrogen) atoms. The predicted octanol–water partition coefficient (Wildman–Crippen LogP) is 20.5. The zero-order chi connectivity index (χ0) is 52.9. The average molecular weight is 1020 g/mol. The lowest BCUT2D eigenvalue weighted by molar-refractivity contribution is -0.143. The standard InChI is InChI=1S/C67H125NO5/c1-3-5-7-9-11-13-15-17-32-37-41-45-49-53-57-61-67(72)73-62-58-54-50-46-42-38-34-31-29-27-25-23-21-19-20-22-24-26-28-30-33-36-40-44-48-52-56-60-66(71)68-64(63-69)65(70)59-55-51-47-43-39-35-18-16-14-12-10-8-6-4-2/h17,19-20,23,25,32,55,59,64-65,69-70H,3-16,18,21-22,24,26-31,33-54,56-58,60-63H2,1-2H3,(H,68,71)/b20-19-,25-23-,32-17-,59-55+. The van der Waals surface area contributed by atoms with Crippen molar-refractivity contribution in [2.24, 2.45) is 0 Å². The number of nitrogens with one attached hydrogen (secondary N) is 1. The van der Waals surface area contributed by atoms with Crippen molar-refractivity contribution < 1.29 is 24.5 Å². The molecule has 0 aromatic rings. The van der Waals surface area contributed by atoms with Crippen molar-refractivity contribution in [3.63, 3.8) is 0 Å². The maximum Gasteiger partial charge on any atom is 0.305 e. The number of carbonyl (C=O) groups is 2. The summed E-state index contributed by atoms with van der Waals surface area (Å²) in [6, 6.07) is -0.630. The summed E-state index contributed by atoms with van der Waals surface area (Å²) in [5, 5.41) is 23.1. The lowest BCUT2D eigenvalue weighted by Gasteiger charge is -2.20. The Kier molecular flexibility index (Phi) is 60.5. The largest absolute Gasteiger partial charge is 0.466 e. The van der Waals surface area contributed by atoms with Gasteiger partial charge in [0, 0.05) is 12.8 Å². The number of hydrogen-bond donors (Lipinski definition) is 3. The SMILES string of the molecule is CCCCCCCC/C=C\CCCCCCCC(=O)OCCCCCCCCCCC/C=C\C/C=C\CCCCCCCCCCCCCC(=O)NC(CO)C(O)/C=C/CCCCCCCCCCCCCC. The molecule has 2 unspecified atom stereocenters. The van der Waals surface area contributed by atoms with Crippen LogP contribution in [0.3, 0.4) is 0 Å². The van der Waals surface area contributed by atoms with Crippen LogP contribution in [-0.4, -0.2) is 47.4 Å². The Hall–Kier alpha value is -2.18. The second-order valence-electron chi connectivity index (χ2n) is 22.1. The first kappa shape index (κ1) is 70.8. The van der Waals surface area contributed by atoms with E-state index < -0.39 is 12.1 Å². The molecule has 0 spiro atoms. The third kappa shape index (κ3) is 58.9. The Morgan fingerprint density at radius 2 is 0.685 bits per heavy atom. The highest BCUT2D eigenvalue weighted by atomic mass is 16.5. The van der Waals surface area contributed by atoms with Gasteiger partial charge in [-0.3, -0.25) is 9.59 Å². The van der Waals surface area contributed by atoms with Crippen molar-refractivity contribution in [3.05, 3.63) is 48.6 Å². The first-order valence-corrected chi connectivity index (χ1v) is 32.4. The van der Waals surface area contributed by atoms with Gasteiger partial charge in [0.15, 0.2) is 0 Å². The number of amides is 1. The summed E-state index contributed by atoms with van der Waals surface area (Å²) in [4.78, 5) is 24.5. The first-order valence-electron chi connectivity index (χ1n) is 32.4. The lowest BCUT2D eigenvalue weighted by Crippen LogP contribution is -2.45. The van der Waals surface area contributed by atoms with E-state index in [4.69, 9.17) is 4.74 Å². The van der Waals surface area contributed by atoms with Gasteiger partial charge in [-0.1, -0.05) is 287 Å². The molecule has 0 radical (unpaired) electrons. The molecule has 3 N–H and O–H groups in total. The number of carbonyl (C=O) groups excluding carboxylic acids is 2. The number of aliphatic hydroxyl groups is 2. The average Bonchev–Trinajstić information content (AvgIpc) is 3.39. The molecule has 0 aliphatic carbocycles. The van der Waals surface area contributed by atoms with Crippen LogP contribution < -0.4 is 5.32 Å². The van der Waals surface area contributed by atoms with Crippen LogP contribution in [0.4, 0.5) is 0 Å². The molecule has 0 bridgehead atoms. The summed E-state index contributed by atoms with van der Waals surface area (Å²) in [5.74, 6) is -0.0686. The Morgan fingerprint density at radius 1 is 0.384 bits per heavy atom. The highest BCUT2D eigenvalue weighted by molar-refractivity contribution is 5.76. The quantitative estimate of drug-likeness (QED) is 0.0320. The van der Waals surface area contributed by atoms with E-state index in [9.17, 15) is 19.8 Å². The third-order valence-electron chi connectivity index (χ3n) is 14.8. The van der Waals surface area contributed by atoms with Crippen LogP contribution >= 0.6 is 0 Å². The number of allylic oxidation sites excluding steroid dienone is 7. The van der Waals surface area contributed by atoms with Crippen LogP contribution in [0.5, 0.6) is 0 Å². The topological polar surface area (TPSA) is 95.9 Å². The minimum absolute atomic E-state index is 0.00211. The smallest absolute Gasteiger partial charge is 0.305 e. The molecule has 0 fully saturated rings. The van der Waals surface area contributed by atoms with Gasteiger partial charge in [-0.25, -0.2) is 0 Å². The van der Waals surface area contributed by atoms with Gasteiger partial charge in [-0.05, 0) is 89.9 Å². The zero-order valence-corrected chi connectivity index (χ0v) is 48.9. The summed E-state index contributed by atoms with van der Waals surface area (Å²) < 4.78 is 5.48. The van der Waals surface area contributed by atoms with Crippen LogP contribution in [0.1, 0.15) is 341 Å². The van der Waals surface area contributed by atoms with Crippen molar-refractivity contribution >= 4 is 11.9 Å². The van der Waals surface area contributed by atoms with E-state index in [1.807, 2.05) is 6.08 Å². The van der Waals surface area contributed by atoms with E-state index in [1.54, 1.807) is 6.08 Å². The minimum Gasteiger partial charge on any atom is -0.466 e.